The highest BCUT2D eigenvalue weighted by Gasteiger charge is 2.09. The Hall–Kier alpha value is -2.26. The first-order chi connectivity index (χ1) is 10.2. The van der Waals surface area contributed by atoms with Crippen molar-refractivity contribution in [3.63, 3.8) is 0 Å². The Labute approximate surface area is 130 Å². The Bertz CT molecular complexity index is 637. The molecule has 0 saturated carbocycles. The molecule has 0 spiro atoms. The highest BCUT2D eigenvalue weighted by Crippen LogP contribution is 2.18. The summed E-state index contributed by atoms with van der Waals surface area (Å²) in [5.74, 6) is 0.980. The minimum Gasteiger partial charge on any atom is -0.208 e. The van der Waals surface area contributed by atoms with Crippen LogP contribution in [0.5, 0.6) is 0 Å². The summed E-state index contributed by atoms with van der Waals surface area (Å²) in [6.07, 6.45) is 14.6. The van der Waals surface area contributed by atoms with Crippen LogP contribution in [-0.2, 0) is 0 Å². The van der Waals surface area contributed by atoms with Crippen molar-refractivity contribution in [2.75, 3.05) is 0 Å². The number of hydrogen-bond donors (Lipinski definition) is 0. The Balaban J connectivity index is 3.42. The van der Waals surface area contributed by atoms with Gasteiger partial charge in [-0.05, 0) is 25.4 Å². The van der Waals surface area contributed by atoms with Crippen molar-refractivity contribution in [1.82, 2.24) is 15.0 Å². The van der Waals surface area contributed by atoms with E-state index in [1.807, 2.05) is 50.3 Å². The third-order valence-corrected chi connectivity index (χ3v) is 2.63. The highest BCUT2D eigenvalue weighted by atomic mass is 35.5. The summed E-state index contributed by atoms with van der Waals surface area (Å²) in [5, 5.41) is 0.141. The highest BCUT2D eigenvalue weighted by molar-refractivity contribution is 6.28. The van der Waals surface area contributed by atoms with Crippen molar-refractivity contribution in [3.8, 4) is 0 Å². The van der Waals surface area contributed by atoms with Crippen LogP contribution in [0.4, 0.5) is 0 Å². The first-order valence-corrected chi connectivity index (χ1v) is 6.87. The number of hydrogen-bond acceptors (Lipinski definition) is 3. The zero-order chi connectivity index (χ0) is 15.7. The molecule has 0 aromatic carbocycles. The van der Waals surface area contributed by atoms with Gasteiger partial charge in [0.25, 0.3) is 0 Å². The standard InChI is InChI=1S/C17H18ClN3/c1-5-9-12-13(8-4)15-19-16(21-17(18)20-15)14(10-6-2)11-7-3/h5-12H,2,4H2,1,3H3/b9-5-,11-7-,13-12+,14-10+. The average Bonchev–Trinajstić information content (AvgIpc) is 2.47. The van der Waals surface area contributed by atoms with Crippen LogP contribution in [0.25, 0.3) is 11.1 Å². The summed E-state index contributed by atoms with van der Waals surface area (Å²) < 4.78 is 0. The van der Waals surface area contributed by atoms with Crippen LogP contribution in [0.2, 0.25) is 5.28 Å². The van der Waals surface area contributed by atoms with Gasteiger partial charge >= 0.3 is 0 Å². The van der Waals surface area contributed by atoms with Crippen LogP contribution in [0.3, 0.4) is 0 Å². The zero-order valence-corrected chi connectivity index (χ0v) is 13.0. The largest absolute Gasteiger partial charge is 0.226 e. The summed E-state index contributed by atoms with van der Waals surface area (Å²) >= 11 is 6.01. The van der Waals surface area contributed by atoms with Crippen molar-refractivity contribution < 1.29 is 0 Å². The summed E-state index contributed by atoms with van der Waals surface area (Å²) in [7, 11) is 0. The minimum atomic E-state index is 0.141. The number of halogens is 1. The van der Waals surface area contributed by atoms with Gasteiger partial charge in [0.15, 0.2) is 11.6 Å². The first-order valence-electron chi connectivity index (χ1n) is 6.49. The van der Waals surface area contributed by atoms with Gasteiger partial charge in [-0.1, -0.05) is 61.8 Å². The lowest BCUT2D eigenvalue weighted by Crippen LogP contribution is -2.01. The summed E-state index contributed by atoms with van der Waals surface area (Å²) in [5.41, 5.74) is 1.59. The number of aromatic nitrogens is 3. The lowest BCUT2D eigenvalue weighted by atomic mass is 10.2. The van der Waals surface area contributed by atoms with Gasteiger partial charge in [0.1, 0.15) is 0 Å². The second-order valence-electron chi connectivity index (χ2n) is 3.96. The molecule has 0 aliphatic carbocycles. The molecule has 0 bridgehead atoms. The lowest BCUT2D eigenvalue weighted by Gasteiger charge is -2.05. The van der Waals surface area contributed by atoms with E-state index in [2.05, 4.69) is 28.1 Å². The molecule has 1 aromatic rings. The third-order valence-electron chi connectivity index (χ3n) is 2.46. The fourth-order valence-electron chi connectivity index (χ4n) is 1.55. The third kappa shape index (κ3) is 4.97. The van der Waals surface area contributed by atoms with E-state index in [4.69, 9.17) is 11.6 Å². The minimum absolute atomic E-state index is 0.141. The molecule has 0 saturated heterocycles. The fraction of sp³-hybridized carbons (Fsp3) is 0.118. The predicted molar refractivity (Wildman–Crippen MR) is 90.8 cm³/mol. The molecule has 1 heterocycles. The van der Waals surface area contributed by atoms with Gasteiger partial charge in [-0.2, -0.15) is 9.97 Å². The van der Waals surface area contributed by atoms with Gasteiger partial charge < -0.3 is 0 Å². The average molecular weight is 300 g/mol. The Morgan fingerprint density at radius 1 is 0.952 bits per heavy atom. The molecule has 21 heavy (non-hydrogen) atoms. The Morgan fingerprint density at radius 3 is 2.14 bits per heavy atom. The summed E-state index contributed by atoms with van der Waals surface area (Å²) in [6.45, 7) is 11.3. The van der Waals surface area contributed by atoms with Crippen LogP contribution in [0.15, 0.2) is 61.8 Å². The van der Waals surface area contributed by atoms with Crippen molar-refractivity contribution in [2.45, 2.75) is 13.8 Å². The quantitative estimate of drug-likeness (QED) is 0.707. The molecule has 0 N–H and O–H groups in total. The SMILES string of the molecule is C=C/C=C(\C=C/C)c1nc(Cl)nc(/C(C=C)=C/C=C\C)n1. The molecule has 0 fully saturated rings. The molecule has 0 atom stereocenters. The smallest absolute Gasteiger partial charge is 0.208 e. The molecule has 4 heteroatoms. The van der Waals surface area contributed by atoms with Crippen LogP contribution < -0.4 is 0 Å². The van der Waals surface area contributed by atoms with Crippen LogP contribution in [0.1, 0.15) is 25.5 Å². The molecular formula is C17H18ClN3. The summed E-state index contributed by atoms with van der Waals surface area (Å²) in [4.78, 5) is 12.8. The van der Waals surface area contributed by atoms with Crippen molar-refractivity contribution in [2.24, 2.45) is 0 Å². The molecule has 0 aliphatic heterocycles. The van der Waals surface area contributed by atoms with Gasteiger partial charge in [0.2, 0.25) is 5.28 Å². The van der Waals surface area contributed by atoms with Gasteiger partial charge in [0, 0.05) is 11.1 Å². The molecule has 0 aliphatic rings. The molecular weight excluding hydrogens is 282 g/mol. The van der Waals surface area contributed by atoms with Gasteiger partial charge in [0.05, 0.1) is 0 Å². The molecule has 108 valence electrons. The maximum Gasteiger partial charge on any atom is 0.226 e. The van der Waals surface area contributed by atoms with E-state index >= 15 is 0 Å². The predicted octanol–water partition coefficient (Wildman–Crippen LogP) is 4.82. The molecule has 0 radical (unpaired) electrons. The van der Waals surface area contributed by atoms with Crippen molar-refractivity contribution in [1.29, 1.82) is 0 Å². The zero-order valence-electron chi connectivity index (χ0n) is 12.3. The molecule has 1 aromatic heterocycles. The Kier molecular flexibility index (Phi) is 7.05. The van der Waals surface area contributed by atoms with E-state index in [9.17, 15) is 0 Å². The second-order valence-corrected chi connectivity index (χ2v) is 4.30. The van der Waals surface area contributed by atoms with E-state index in [-0.39, 0.29) is 5.28 Å². The van der Waals surface area contributed by atoms with Crippen LogP contribution in [-0.4, -0.2) is 15.0 Å². The van der Waals surface area contributed by atoms with Crippen molar-refractivity contribution in [3.05, 3.63) is 78.7 Å². The maximum atomic E-state index is 6.01. The van der Waals surface area contributed by atoms with E-state index in [0.29, 0.717) is 11.6 Å². The maximum absolute atomic E-state index is 6.01. The van der Waals surface area contributed by atoms with Gasteiger partial charge in [-0.3, -0.25) is 0 Å². The van der Waals surface area contributed by atoms with E-state index in [1.165, 1.54) is 0 Å². The van der Waals surface area contributed by atoms with Crippen LogP contribution in [0, 0.1) is 0 Å². The number of nitrogens with zero attached hydrogens (tertiary/aromatic N) is 3. The lowest BCUT2D eigenvalue weighted by molar-refractivity contribution is 0.994. The molecule has 1 rings (SSSR count). The van der Waals surface area contributed by atoms with Gasteiger partial charge in [-0.25, -0.2) is 4.98 Å². The number of allylic oxidation sites excluding steroid dienone is 10. The summed E-state index contributed by atoms with van der Waals surface area (Å²) in [6, 6.07) is 0. The number of rotatable bonds is 6. The monoisotopic (exact) mass is 299 g/mol. The normalized spacial score (nSPS) is 13.1. The Morgan fingerprint density at radius 2 is 1.62 bits per heavy atom. The fourth-order valence-corrected chi connectivity index (χ4v) is 1.71. The molecule has 0 amide bonds. The molecule has 3 nitrogen and oxygen atoms in total. The van der Waals surface area contributed by atoms with E-state index in [0.717, 1.165) is 11.1 Å². The first kappa shape index (κ1) is 16.8. The second kappa shape index (κ2) is 8.82. The van der Waals surface area contributed by atoms with Crippen molar-refractivity contribution >= 4 is 22.7 Å². The molecule has 0 unspecified atom stereocenters. The topological polar surface area (TPSA) is 38.7 Å². The van der Waals surface area contributed by atoms with E-state index in [1.54, 1.807) is 12.2 Å². The van der Waals surface area contributed by atoms with Gasteiger partial charge in [-0.15, -0.1) is 0 Å². The van der Waals surface area contributed by atoms with Crippen LogP contribution >= 0.6 is 11.6 Å². The van der Waals surface area contributed by atoms with E-state index < -0.39 is 0 Å².